The van der Waals surface area contributed by atoms with Gasteiger partial charge in [-0.1, -0.05) is 38.1 Å². The summed E-state index contributed by atoms with van der Waals surface area (Å²) in [6.07, 6.45) is 0.806. The molecule has 1 amide bonds. The van der Waals surface area contributed by atoms with E-state index in [-0.39, 0.29) is 29.6 Å². The Balaban J connectivity index is 0.00000364. The molecular formula is C19H26ClN3O3S. The molecule has 2 aromatic rings. The van der Waals surface area contributed by atoms with Crippen molar-refractivity contribution in [3.05, 3.63) is 54.1 Å². The van der Waals surface area contributed by atoms with Gasteiger partial charge in [-0.05, 0) is 36.2 Å². The first-order valence-electron chi connectivity index (χ1n) is 8.62. The zero-order valence-electron chi connectivity index (χ0n) is 15.5. The van der Waals surface area contributed by atoms with Crippen molar-refractivity contribution in [3.8, 4) is 0 Å². The number of halogens is 1. The summed E-state index contributed by atoms with van der Waals surface area (Å²) in [5.41, 5.74) is 7.82. The van der Waals surface area contributed by atoms with Crippen LogP contribution in [-0.2, 0) is 21.2 Å². The van der Waals surface area contributed by atoms with Crippen molar-refractivity contribution in [3.63, 3.8) is 0 Å². The van der Waals surface area contributed by atoms with Crippen LogP contribution in [0.1, 0.15) is 25.8 Å². The molecular weight excluding hydrogens is 386 g/mol. The van der Waals surface area contributed by atoms with Gasteiger partial charge in [0.1, 0.15) is 0 Å². The Labute approximate surface area is 167 Å². The van der Waals surface area contributed by atoms with Crippen LogP contribution in [0.4, 0.5) is 11.4 Å². The highest BCUT2D eigenvalue weighted by molar-refractivity contribution is 7.89. The van der Waals surface area contributed by atoms with Crippen molar-refractivity contribution in [2.75, 3.05) is 24.1 Å². The molecule has 2 rings (SSSR count). The van der Waals surface area contributed by atoms with Crippen LogP contribution in [0.2, 0.25) is 0 Å². The number of hydrogen-bond acceptors (Lipinski definition) is 4. The fourth-order valence-electron chi connectivity index (χ4n) is 2.62. The van der Waals surface area contributed by atoms with E-state index < -0.39 is 10.0 Å². The molecule has 0 unspecified atom stereocenters. The lowest BCUT2D eigenvalue weighted by Crippen LogP contribution is -2.30. The van der Waals surface area contributed by atoms with Crippen LogP contribution in [0.3, 0.4) is 0 Å². The molecule has 0 radical (unpaired) electrons. The third-order valence-electron chi connectivity index (χ3n) is 4.14. The minimum atomic E-state index is -3.45. The van der Waals surface area contributed by atoms with E-state index in [0.717, 1.165) is 5.56 Å². The summed E-state index contributed by atoms with van der Waals surface area (Å²) >= 11 is 0. The van der Waals surface area contributed by atoms with Crippen LogP contribution >= 0.6 is 12.4 Å². The lowest BCUT2D eigenvalue weighted by atomic mass is 10.1. The van der Waals surface area contributed by atoms with E-state index in [2.05, 4.69) is 5.32 Å². The molecule has 148 valence electrons. The number of nitrogens with two attached hydrogens (primary N) is 1. The molecule has 8 heteroatoms. The van der Waals surface area contributed by atoms with Crippen molar-refractivity contribution in [2.45, 2.75) is 31.6 Å². The molecule has 3 N–H and O–H groups in total. The van der Waals surface area contributed by atoms with Gasteiger partial charge in [0.2, 0.25) is 15.9 Å². The third kappa shape index (κ3) is 5.95. The van der Waals surface area contributed by atoms with Gasteiger partial charge in [0.25, 0.3) is 0 Å². The normalized spacial score (nSPS) is 11.1. The van der Waals surface area contributed by atoms with Crippen molar-refractivity contribution >= 4 is 39.7 Å². The van der Waals surface area contributed by atoms with Crippen LogP contribution in [-0.4, -0.2) is 31.7 Å². The van der Waals surface area contributed by atoms with E-state index in [0.29, 0.717) is 30.9 Å². The SMILES string of the molecule is CCN(CC)S(=O)(=O)c1ccc(CCC(=O)Nc2ccccc2N)cc1.Cl. The fourth-order valence-corrected chi connectivity index (χ4v) is 4.08. The number of aryl methyl sites for hydroxylation is 1. The van der Waals surface area contributed by atoms with Gasteiger partial charge in [-0.25, -0.2) is 8.42 Å². The third-order valence-corrected chi connectivity index (χ3v) is 6.21. The summed E-state index contributed by atoms with van der Waals surface area (Å²) in [6.45, 7) is 4.49. The molecule has 0 aliphatic carbocycles. The number of nitrogen functional groups attached to an aromatic ring is 1. The molecule has 2 aromatic carbocycles. The highest BCUT2D eigenvalue weighted by Crippen LogP contribution is 2.19. The van der Waals surface area contributed by atoms with E-state index in [1.807, 2.05) is 13.8 Å². The van der Waals surface area contributed by atoms with Crippen LogP contribution in [0.25, 0.3) is 0 Å². The van der Waals surface area contributed by atoms with Crippen LogP contribution < -0.4 is 11.1 Å². The maximum atomic E-state index is 12.5. The van der Waals surface area contributed by atoms with E-state index in [9.17, 15) is 13.2 Å². The van der Waals surface area contributed by atoms with E-state index in [1.54, 1.807) is 48.5 Å². The fraction of sp³-hybridized carbons (Fsp3) is 0.316. The molecule has 0 saturated carbocycles. The maximum Gasteiger partial charge on any atom is 0.243 e. The molecule has 0 heterocycles. The minimum absolute atomic E-state index is 0. The first-order valence-corrected chi connectivity index (χ1v) is 10.1. The molecule has 0 aromatic heterocycles. The first kappa shape index (κ1) is 23.0. The summed E-state index contributed by atoms with van der Waals surface area (Å²) in [5.74, 6) is -0.136. The number of benzene rings is 2. The molecule has 6 nitrogen and oxygen atoms in total. The predicted molar refractivity (Wildman–Crippen MR) is 112 cm³/mol. The van der Waals surface area contributed by atoms with Crippen molar-refractivity contribution < 1.29 is 13.2 Å². The number of carbonyl (C=O) groups excluding carboxylic acids is 1. The standard InChI is InChI=1S/C19H25N3O3S.ClH/c1-3-22(4-2)26(24,25)16-12-9-15(10-13-16)11-14-19(23)21-18-8-6-5-7-17(18)20;/h5-10,12-13H,3-4,11,14,20H2,1-2H3,(H,21,23);1H. The average molecular weight is 412 g/mol. The van der Waals surface area contributed by atoms with Gasteiger partial charge in [-0.3, -0.25) is 4.79 Å². The molecule has 0 spiro atoms. The number of para-hydroxylation sites is 2. The summed E-state index contributed by atoms with van der Waals surface area (Å²) < 4.78 is 26.3. The van der Waals surface area contributed by atoms with E-state index >= 15 is 0 Å². The lowest BCUT2D eigenvalue weighted by Gasteiger charge is -2.18. The van der Waals surface area contributed by atoms with Gasteiger partial charge in [0, 0.05) is 19.5 Å². The highest BCUT2D eigenvalue weighted by Gasteiger charge is 2.21. The molecule has 0 aliphatic rings. The summed E-state index contributed by atoms with van der Waals surface area (Å²) in [6, 6.07) is 13.8. The molecule has 0 fully saturated rings. The highest BCUT2D eigenvalue weighted by atomic mass is 35.5. The second-order valence-electron chi connectivity index (χ2n) is 5.87. The molecule has 0 aliphatic heterocycles. The quantitative estimate of drug-likeness (QED) is 0.652. The number of carbonyl (C=O) groups is 1. The lowest BCUT2D eigenvalue weighted by molar-refractivity contribution is -0.116. The van der Waals surface area contributed by atoms with Gasteiger partial charge in [0.05, 0.1) is 16.3 Å². The smallest absolute Gasteiger partial charge is 0.243 e. The molecule has 0 atom stereocenters. The van der Waals surface area contributed by atoms with Crippen LogP contribution in [0.15, 0.2) is 53.4 Å². The van der Waals surface area contributed by atoms with Crippen LogP contribution in [0.5, 0.6) is 0 Å². The number of anilines is 2. The monoisotopic (exact) mass is 411 g/mol. The van der Waals surface area contributed by atoms with E-state index in [1.165, 1.54) is 4.31 Å². The largest absolute Gasteiger partial charge is 0.397 e. The summed E-state index contributed by atoms with van der Waals surface area (Å²) in [5, 5.41) is 2.78. The Morgan fingerprint density at radius 1 is 1.04 bits per heavy atom. The second kappa shape index (κ2) is 10.3. The molecule has 0 bridgehead atoms. The van der Waals surface area contributed by atoms with Crippen LogP contribution in [0, 0.1) is 0 Å². The van der Waals surface area contributed by atoms with Crippen molar-refractivity contribution in [1.82, 2.24) is 4.31 Å². The second-order valence-corrected chi connectivity index (χ2v) is 7.81. The molecule has 27 heavy (non-hydrogen) atoms. The van der Waals surface area contributed by atoms with Gasteiger partial charge >= 0.3 is 0 Å². The topological polar surface area (TPSA) is 92.5 Å². The Morgan fingerprint density at radius 2 is 1.63 bits per heavy atom. The van der Waals surface area contributed by atoms with Crippen molar-refractivity contribution in [2.24, 2.45) is 0 Å². The Morgan fingerprint density at radius 3 is 2.19 bits per heavy atom. The number of nitrogens with one attached hydrogen (secondary N) is 1. The number of rotatable bonds is 8. The Kier molecular flexibility index (Phi) is 8.75. The zero-order chi connectivity index (χ0) is 19.2. The first-order chi connectivity index (χ1) is 12.4. The van der Waals surface area contributed by atoms with Gasteiger partial charge in [0.15, 0.2) is 0 Å². The molecule has 0 saturated heterocycles. The van der Waals surface area contributed by atoms with E-state index in [4.69, 9.17) is 5.73 Å². The summed E-state index contributed by atoms with van der Waals surface area (Å²) in [7, 11) is -3.45. The number of sulfonamides is 1. The zero-order valence-corrected chi connectivity index (χ0v) is 17.1. The summed E-state index contributed by atoms with van der Waals surface area (Å²) in [4.78, 5) is 12.3. The minimum Gasteiger partial charge on any atom is -0.397 e. The number of nitrogens with zero attached hydrogens (tertiary/aromatic N) is 1. The predicted octanol–water partition coefficient (Wildman–Crippen LogP) is 3.29. The van der Waals surface area contributed by atoms with Gasteiger partial charge in [-0.15, -0.1) is 12.4 Å². The van der Waals surface area contributed by atoms with Crippen molar-refractivity contribution in [1.29, 1.82) is 0 Å². The average Bonchev–Trinajstić information content (AvgIpc) is 2.63. The Bertz CT molecular complexity index is 851. The Hall–Kier alpha value is -2.09. The van der Waals surface area contributed by atoms with Gasteiger partial charge in [-0.2, -0.15) is 4.31 Å². The number of amides is 1. The van der Waals surface area contributed by atoms with Gasteiger partial charge < -0.3 is 11.1 Å². The maximum absolute atomic E-state index is 12.5. The number of hydrogen-bond donors (Lipinski definition) is 2.